The van der Waals surface area contributed by atoms with Crippen molar-refractivity contribution in [2.75, 3.05) is 6.61 Å². The summed E-state index contributed by atoms with van der Waals surface area (Å²) in [5.41, 5.74) is 3.43. The predicted molar refractivity (Wildman–Crippen MR) is 100 cm³/mol. The molecule has 4 aromatic heterocycles. The Labute approximate surface area is 159 Å². The van der Waals surface area contributed by atoms with Crippen LogP contribution in [0.4, 0.5) is 0 Å². The van der Waals surface area contributed by atoms with E-state index >= 15 is 0 Å². The third-order valence-electron chi connectivity index (χ3n) is 4.23. The van der Waals surface area contributed by atoms with E-state index in [1.807, 2.05) is 18.3 Å². The van der Waals surface area contributed by atoms with Gasteiger partial charge >= 0.3 is 0 Å². The number of nitrogens with zero attached hydrogens (tertiary/aromatic N) is 5. The van der Waals surface area contributed by atoms with Gasteiger partial charge in [-0.1, -0.05) is 23.2 Å². The largest absolute Gasteiger partial charge is 0.376 e. The first-order chi connectivity index (χ1) is 12.7. The Morgan fingerprint density at radius 1 is 1.08 bits per heavy atom. The fraction of sp³-hybridized carbons (Fsp3) is 0.294. The zero-order valence-corrected chi connectivity index (χ0v) is 15.3. The summed E-state index contributed by atoms with van der Waals surface area (Å²) in [7, 11) is 0. The molecule has 0 aromatic carbocycles. The van der Waals surface area contributed by atoms with Gasteiger partial charge in [-0.15, -0.1) is 0 Å². The van der Waals surface area contributed by atoms with Crippen LogP contribution in [-0.2, 0) is 11.3 Å². The van der Waals surface area contributed by atoms with Gasteiger partial charge in [-0.2, -0.15) is 0 Å². The van der Waals surface area contributed by atoms with Gasteiger partial charge in [0.05, 0.1) is 17.1 Å². The number of hydrogen-bond donors (Lipinski definition) is 1. The molecule has 0 spiro atoms. The molecule has 0 bridgehead atoms. The van der Waals surface area contributed by atoms with Crippen LogP contribution in [0, 0.1) is 0 Å². The summed E-state index contributed by atoms with van der Waals surface area (Å²) in [4.78, 5) is 18.9. The zero-order chi connectivity index (χ0) is 17.9. The molecule has 7 nitrogen and oxygen atoms in total. The standard InChI is InChI=1S/C11H12ClN3O.C6H4ClN3/c12-11-10-9(13-7-14-11)3-4-15(10)6-8-2-1-5-16-8;7-6-5-4(1-2-8-5)9-3-10-6/h3-4,7-8H,1-2,5-6H2;1-3,8H. The number of H-pyrrole nitrogens is 1. The Balaban J connectivity index is 0.000000144. The van der Waals surface area contributed by atoms with Gasteiger partial charge in [0.1, 0.15) is 23.7 Å². The third kappa shape index (κ3) is 3.51. The van der Waals surface area contributed by atoms with Gasteiger partial charge in [0.25, 0.3) is 0 Å². The first kappa shape index (κ1) is 17.2. The average molecular weight is 391 g/mol. The normalized spacial score (nSPS) is 16.8. The van der Waals surface area contributed by atoms with Crippen molar-refractivity contribution in [2.24, 2.45) is 0 Å². The van der Waals surface area contributed by atoms with E-state index in [1.165, 1.54) is 12.7 Å². The molecule has 1 aliphatic rings. The number of fused-ring (bicyclic) bond motifs is 2. The molecule has 5 heterocycles. The van der Waals surface area contributed by atoms with E-state index in [1.54, 1.807) is 6.20 Å². The predicted octanol–water partition coefficient (Wildman–Crippen LogP) is 3.88. The Morgan fingerprint density at radius 3 is 2.65 bits per heavy atom. The van der Waals surface area contributed by atoms with Gasteiger partial charge in [-0.05, 0) is 25.0 Å². The van der Waals surface area contributed by atoms with Crippen molar-refractivity contribution in [2.45, 2.75) is 25.5 Å². The van der Waals surface area contributed by atoms with E-state index in [-0.39, 0.29) is 0 Å². The summed E-state index contributed by atoms with van der Waals surface area (Å²) in [6, 6.07) is 3.81. The van der Waals surface area contributed by atoms with Gasteiger partial charge in [0, 0.05) is 25.5 Å². The molecule has 4 aromatic rings. The number of halogens is 2. The average Bonchev–Trinajstić information content (AvgIpc) is 3.37. The topological polar surface area (TPSA) is 81.5 Å². The molecule has 1 N–H and O–H groups in total. The van der Waals surface area contributed by atoms with Crippen molar-refractivity contribution < 1.29 is 4.74 Å². The summed E-state index contributed by atoms with van der Waals surface area (Å²) < 4.78 is 7.69. The molecule has 0 saturated carbocycles. The summed E-state index contributed by atoms with van der Waals surface area (Å²) in [6.45, 7) is 1.70. The maximum atomic E-state index is 6.08. The minimum atomic E-state index is 0.298. The quantitative estimate of drug-likeness (QED) is 0.525. The number of aromatic nitrogens is 6. The summed E-state index contributed by atoms with van der Waals surface area (Å²) in [5.74, 6) is 0. The highest BCUT2D eigenvalue weighted by Gasteiger charge is 2.17. The van der Waals surface area contributed by atoms with Gasteiger partial charge in [0.15, 0.2) is 10.3 Å². The second-order valence-electron chi connectivity index (χ2n) is 5.90. The van der Waals surface area contributed by atoms with Crippen LogP contribution < -0.4 is 0 Å². The molecular weight excluding hydrogens is 375 g/mol. The van der Waals surface area contributed by atoms with Gasteiger partial charge < -0.3 is 14.3 Å². The molecule has 0 aliphatic carbocycles. The zero-order valence-electron chi connectivity index (χ0n) is 13.8. The molecule has 5 rings (SSSR count). The molecule has 1 atom stereocenters. The van der Waals surface area contributed by atoms with Crippen molar-refractivity contribution in [1.29, 1.82) is 0 Å². The number of rotatable bonds is 2. The lowest BCUT2D eigenvalue weighted by Crippen LogP contribution is -2.14. The number of nitrogens with one attached hydrogen (secondary N) is 1. The van der Waals surface area contributed by atoms with Crippen LogP contribution in [-0.4, -0.2) is 42.2 Å². The fourth-order valence-corrected chi connectivity index (χ4v) is 3.44. The van der Waals surface area contributed by atoms with Crippen molar-refractivity contribution in [3.8, 4) is 0 Å². The molecule has 1 aliphatic heterocycles. The lowest BCUT2D eigenvalue weighted by Gasteiger charge is -2.11. The fourth-order valence-electron chi connectivity index (χ4n) is 2.99. The number of aromatic amines is 1. The molecular formula is C17H16Cl2N6O. The molecule has 0 amide bonds. The molecule has 0 radical (unpaired) electrons. The minimum Gasteiger partial charge on any atom is -0.376 e. The van der Waals surface area contributed by atoms with E-state index in [0.717, 1.165) is 48.1 Å². The van der Waals surface area contributed by atoms with E-state index in [2.05, 4.69) is 29.5 Å². The van der Waals surface area contributed by atoms with Crippen LogP contribution in [0.5, 0.6) is 0 Å². The van der Waals surface area contributed by atoms with Crippen molar-refractivity contribution in [3.05, 3.63) is 47.5 Å². The lowest BCUT2D eigenvalue weighted by molar-refractivity contribution is 0.0980. The smallest absolute Gasteiger partial charge is 0.156 e. The lowest BCUT2D eigenvalue weighted by atomic mass is 10.2. The van der Waals surface area contributed by atoms with Crippen LogP contribution >= 0.6 is 23.2 Å². The molecule has 9 heteroatoms. The number of hydrogen-bond acceptors (Lipinski definition) is 5. The van der Waals surface area contributed by atoms with Crippen LogP contribution in [0.1, 0.15) is 12.8 Å². The molecule has 26 heavy (non-hydrogen) atoms. The Hall–Kier alpha value is -2.22. The van der Waals surface area contributed by atoms with Gasteiger partial charge in [-0.3, -0.25) is 0 Å². The molecule has 1 unspecified atom stereocenters. The second kappa shape index (κ2) is 7.57. The summed E-state index contributed by atoms with van der Waals surface area (Å²) >= 11 is 11.8. The van der Waals surface area contributed by atoms with Crippen LogP contribution in [0.25, 0.3) is 22.1 Å². The highest BCUT2D eigenvalue weighted by Crippen LogP contribution is 2.23. The van der Waals surface area contributed by atoms with E-state index in [9.17, 15) is 0 Å². The molecule has 1 fully saturated rings. The molecule has 134 valence electrons. The molecule has 1 saturated heterocycles. The van der Waals surface area contributed by atoms with Crippen molar-refractivity contribution >= 4 is 45.3 Å². The van der Waals surface area contributed by atoms with Gasteiger partial charge in [0.2, 0.25) is 0 Å². The highest BCUT2D eigenvalue weighted by atomic mass is 35.5. The van der Waals surface area contributed by atoms with Crippen LogP contribution in [0.2, 0.25) is 10.3 Å². The van der Waals surface area contributed by atoms with E-state index < -0.39 is 0 Å². The van der Waals surface area contributed by atoms with Crippen molar-refractivity contribution in [1.82, 2.24) is 29.5 Å². The van der Waals surface area contributed by atoms with Crippen LogP contribution in [0.3, 0.4) is 0 Å². The van der Waals surface area contributed by atoms with Crippen LogP contribution in [0.15, 0.2) is 37.2 Å². The Kier molecular flexibility index (Phi) is 5.01. The first-order valence-corrected chi connectivity index (χ1v) is 8.98. The maximum absolute atomic E-state index is 6.08. The minimum absolute atomic E-state index is 0.298. The Morgan fingerprint density at radius 2 is 1.88 bits per heavy atom. The Bertz CT molecular complexity index is 1020. The van der Waals surface area contributed by atoms with Gasteiger partial charge in [-0.25, -0.2) is 19.9 Å². The van der Waals surface area contributed by atoms with Crippen molar-refractivity contribution in [3.63, 3.8) is 0 Å². The third-order valence-corrected chi connectivity index (χ3v) is 4.79. The van der Waals surface area contributed by atoms with E-state index in [4.69, 9.17) is 27.9 Å². The summed E-state index contributed by atoms with van der Waals surface area (Å²) in [6.07, 6.45) is 9.27. The number of ether oxygens (including phenoxy) is 1. The monoisotopic (exact) mass is 390 g/mol. The second-order valence-corrected chi connectivity index (χ2v) is 6.62. The van der Waals surface area contributed by atoms with E-state index in [0.29, 0.717) is 16.4 Å². The SMILES string of the molecule is Clc1ncnc2cc[nH]c12.Clc1ncnc2ccn(CC3CCCO3)c12. The summed E-state index contributed by atoms with van der Waals surface area (Å²) in [5, 5.41) is 0.975. The maximum Gasteiger partial charge on any atom is 0.156 e. The first-order valence-electron chi connectivity index (χ1n) is 8.23. The highest BCUT2D eigenvalue weighted by molar-refractivity contribution is 6.33.